The second-order valence-electron chi connectivity index (χ2n) is 5.02. The molecule has 3 nitrogen and oxygen atoms in total. The van der Waals surface area contributed by atoms with Crippen LogP contribution in [0.25, 0.3) is 0 Å². The molecule has 2 N–H and O–H groups in total. The number of nitrogens with one attached hydrogen (secondary N) is 2. The number of hydrogen-bond acceptors (Lipinski definition) is 2. The third-order valence-corrected chi connectivity index (χ3v) is 4.50. The lowest BCUT2D eigenvalue weighted by atomic mass is 10.2. The molecule has 0 saturated heterocycles. The minimum absolute atomic E-state index is 0.0134. The maximum atomic E-state index is 12.1. The van der Waals surface area contributed by atoms with Crippen LogP contribution in [-0.4, -0.2) is 19.5 Å². The molecule has 6 heteroatoms. The number of carbonyl (C=O) groups excluding carboxylic acids is 1. The van der Waals surface area contributed by atoms with Crippen molar-refractivity contribution >= 4 is 46.1 Å². The molecule has 21 heavy (non-hydrogen) atoms. The summed E-state index contributed by atoms with van der Waals surface area (Å²) < 4.78 is 0.777. The molecule has 1 atom stereocenters. The molecule has 0 bridgehead atoms. The fourth-order valence-corrected chi connectivity index (χ4v) is 3.47. The van der Waals surface area contributed by atoms with E-state index in [1.807, 2.05) is 38.2 Å². The molecule has 1 heterocycles. The molecule has 0 spiro atoms. The molecule has 0 aliphatic heterocycles. The topological polar surface area (TPSA) is 33.5 Å². The summed E-state index contributed by atoms with van der Waals surface area (Å²) in [5.74, 6) is -0.0134. The van der Waals surface area contributed by atoms with Crippen molar-refractivity contribution in [2.45, 2.75) is 13.5 Å². The van der Waals surface area contributed by atoms with Gasteiger partial charge in [-0.25, -0.2) is 0 Å². The summed E-state index contributed by atoms with van der Waals surface area (Å²) in [6.07, 6.45) is 0. The molecule has 1 unspecified atom stereocenters. The van der Waals surface area contributed by atoms with Gasteiger partial charge in [0, 0.05) is 10.7 Å². The number of quaternary nitrogens is 1. The van der Waals surface area contributed by atoms with Gasteiger partial charge in [0.2, 0.25) is 0 Å². The number of anilines is 1. The molecular weight excluding hydrogens is 327 g/mol. The Morgan fingerprint density at radius 2 is 2.05 bits per heavy atom. The van der Waals surface area contributed by atoms with Gasteiger partial charge in [-0.2, -0.15) is 0 Å². The number of amides is 1. The zero-order chi connectivity index (χ0) is 15.4. The molecule has 0 saturated carbocycles. The smallest absolute Gasteiger partial charge is 0.279 e. The number of carbonyl (C=O) groups is 1. The van der Waals surface area contributed by atoms with Crippen LogP contribution in [0.5, 0.6) is 0 Å². The highest BCUT2D eigenvalue weighted by atomic mass is 35.5. The van der Waals surface area contributed by atoms with E-state index in [0.29, 0.717) is 11.6 Å². The maximum Gasteiger partial charge on any atom is 0.279 e. The molecule has 0 aliphatic rings. The van der Waals surface area contributed by atoms with Gasteiger partial charge >= 0.3 is 0 Å². The van der Waals surface area contributed by atoms with E-state index in [2.05, 4.69) is 5.32 Å². The number of aryl methyl sites for hydroxylation is 1. The van der Waals surface area contributed by atoms with Gasteiger partial charge in [0.05, 0.1) is 16.3 Å². The Kier molecular flexibility index (Phi) is 5.65. The van der Waals surface area contributed by atoms with Crippen molar-refractivity contribution < 1.29 is 9.69 Å². The summed E-state index contributed by atoms with van der Waals surface area (Å²) in [5.41, 5.74) is 1.76. The molecule has 1 aromatic carbocycles. The molecule has 1 amide bonds. The SMILES string of the molecule is Cc1cc(Cl)ccc1NC(=O)C[NH+](C)Cc1ccc(Cl)s1. The highest BCUT2D eigenvalue weighted by molar-refractivity contribution is 7.16. The maximum absolute atomic E-state index is 12.1. The number of likely N-dealkylation sites (N-methyl/N-ethyl adjacent to an activating group) is 1. The van der Waals surface area contributed by atoms with Crippen LogP contribution < -0.4 is 10.2 Å². The van der Waals surface area contributed by atoms with Gasteiger partial charge in [0.25, 0.3) is 5.91 Å². The first-order valence-corrected chi connectivity index (χ1v) is 8.13. The highest BCUT2D eigenvalue weighted by Gasteiger charge is 2.13. The first kappa shape index (κ1) is 16.3. The normalized spacial score (nSPS) is 12.2. The Balaban J connectivity index is 1.89. The van der Waals surface area contributed by atoms with Gasteiger partial charge in [0.15, 0.2) is 6.54 Å². The lowest BCUT2D eigenvalue weighted by Crippen LogP contribution is -3.08. The van der Waals surface area contributed by atoms with Crippen LogP contribution >= 0.6 is 34.5 Å². The van der Waals surface area contributed by atoms with Crippen molar-refractivity contribution in [1.29, 1.82) is 0 Å². The van der Waals surface area contributed by atoms with E-state index in [4.69, 9.17) is 23.2 Å². The molecule has 112 valence electrons. The van der Waals surface area contributed by atoms with E-state index in [1.54, 1.807) is 17.4 Å². The number of benzene rings is 1. The molecular formula is C15H17Cl2N2OS+. The monoisotopic (exact) mass is 343 g/mol. The summed E-state index contributed by atoms with van der Waals surface area (Å²) >= 11 is 13.4. The standard InChI is InChI=1S/C15H16Cl2N2OS/c1-10-7-11(16)3-5-13(10)18-15(20)9-19(2)8-12-4-6-14(17)21-12/h3-7H,8-9H2,1-2H3,(H,18,20)/p+1. The molecule has 0 radical (unpaired) electrons. The molecule has 0 aliphatic carbocycles. The van der Waals surface area contributed by atoms with Crippen LogP contribution in [0.3, 0.4) is 0 Å². The first-order chi connectivity index (χ1) is 9.94. The number of halogens is 2. The first-order valence-electron chi connectivity index (χ1n) is 6.55. The van der Waals surface area contributed by atoms with Crippen LogP contribution in [0.15, 0.2) is 30.3 Å². The third-order valence-electron chi connectivity index (χ3n) is 3.03. The Morgan fingerprint density at radius 1 is 1.29 bits per heavy atom. The van der Waals surface area contributed by atoms with Crippen molar-refractivity contribution in [3.05, 3.63) is 50.1 Å². The molecule has 1 aromatic heterocycles. The zero-order valence-corrected chi connectivity index (χ0v) is 14.2. The second-order valence-corrected chi connectivity index (χ2v) is 7.26. The second kappa shape index (κ2) is 7.27. The van der Waals surface area contributed by atoms with Gasteiger partial charge in [-0.1, -0.05) is 23.2 Å². The number of rotatable bonds is 5. The van der Waals surface area contributed by atoms with Crippen LogP contribution in [0.4, 0.5) is 5.69 Å². The molecule has 2 rings (SSSR count). The van der Waals surface area contributed by atoms with E-state index < -0.39 is 0 Å². The Bertz CT molecular complexity index is 642. The minimum atomic E-state index is -0.0134. The van der Waals surface area contributed by atoms with Gasteiger partial charge in [-0.3, -0.25) is 4.79 Å². The summed E-state index contributed by atoms with van der Waals surface area (Å²) in [5, 5.41) is 3.59. The predicted molar refractivity (Wildman–Crippen MR) is 89.6 cm³/mol. The van der Waals surface area contributed by atoms with Crippen molar-refractivity contribution in [3.8, 4) is 0 Å². The molecule has 2 aromatic rings. The van der Waals surface area contributed by atoms with E-state index in [9.17, 15) is 4.79 Å². The minimum Gasteiger partial charge on any atom is -0.325 e. The third kappa shape index (κ3) is 5.00. The largest absolute Gasteiger partial charge is 0.325 e. The average molecular weight is 344 g/mol. The van der Waals surface area contributed by atoms with E-state index in [0.717, 1.165) is 27.0 Å². The highest BCUT2D eigenvalue weighted by Crippen LogP contribution is 2.20. The average Bonchev–Trinajstić information content (AvgIpc) is 2.78. The fourth-order valence-electron chi connectivity index (χ4n) is 2.04. The van der Waals surface area contributed by atoms with Crippen molar-refractivity contribution in [2.24, 2.45) is 0 Å². The number of hydrogen-bond donors (Lipinski definition) is 2. The number of thiophene rings is 1. The van der Waals surface area contributed by atoms with Gasteiger partial charge in [0.1, 0.15) is 6.54 Å². The summed E-state index contributed by atoms with van der Waals surface area (Å²) in [7, 11) is 1.99. The van der Waals surface area contributed by atoms with Crippen LogP contribution in [0, 0.1) is 6.92 Å². The Labute approximate surface area is 138 Å². The van der Waals surface area contributed by atoms with Crippen molar-refractivity contribution in [2.75, 3.05) is 18.9 Å². The summed E-state index contributed by atoms with van der Waals surface area (Å²) in [6.45, 7) is 3.10. The van der Waals surface area contributed by atoms with E-state index in [-0.39, 0.29) is 5.91 Å². The van der Waals surface area contributed by atoms with Gasteiger partial charge in [-0.15, -0.1) is 11.3 Å². The zero-order valence-electron chi connectivity index (χ0n) is 11.9. The van der Waals surface area contributed by atoms with Crippen molar-refractivity contribution in [3.63, 3.8) is 0 Å². The van der Waals surface area contributed by atoms with E-state index in [1.165, 1.54) is 4.88 Å². The van der Waals surface area contributed by atoms with Gasteiger partial charge in [-0.05, 0) is 42.8 Å². The Hall–Kier alpha value is -1.07. The van der Waals surface area contributed by atoms with Crippen molar-refractivity contribution in [1.82, 2.24) is 0 Å². The summed E-state index contributed by atoms with van der Waals surface area (Å²) in [6, 6.07) is 9.31. The lowest BCUT2D eigenvalue weighted by Gasteiger charge is -2.14. The van der Waals surface area contributed by atoms with Crippen LogP contribution in [0.1, 0.15) is 10.4 Å². The lowest BCUT2D eigenvalue weighted by molar-refractivity contribution is -0.884. The summed E-state index contributed by atoms with van der Waals surface area (Å²) in [4.78, 5) is 14.4. The van der Waals surface area contributed by atoms with Crippen LogP contribution in [0.2, 0.25) is 9.36 Å². The molecule has 0 fully saturated rings. The van der Waals surface area contributed by atoms with Crippen LogP contribution in [-0.2, 0) is 11.3 Å². The Morgan fingerprint density at radius 3 is 2.67 bits per heavy atom. The quantitative estimate of drug-likeness (QED) is 0.859. The van der Waals surface area contributed by atoms with E-state index >= 15 is 0 Å². The fraction of sp³-hybridized carbons (Fsp3) is 0.267. The predicted octanol–water partition coefficient (Wildman–Crippen LogP) is 3.02. The van der Waals surface area contributed by atoms with Gasteiger partial charge < -0.3 is 10.2 Å².